The molecule has 0 bridgehead atoms. The van der Waals surface area contributed by atoms with E-state index in [4.69, 9.17) is 23.4 Å². The largest absolute Gasteiger partial charge is 0.507 e. The Morgan fingerprint density at radius 3 is 2.42 bits per heavy atom. The fourth-order valence-electron chi connectivity index (χ4n) is 4.03. The standard InChI is InChI=1S/C24H20O9/c1-29-15-7-6-11(8-14(15)27)21-18(10-25)32-23-17(30-2)9-12-20(28)19-13(26)4-3-5-16(19)31-22(12)24(23)33-21/h3-9,18,21,25-27H,10H2,1-2H3. The number of methoxy groups -OCH3 is 2. The molecule has 0 radical (unpaired) electrons. The maximum Gasteiger partial charge on any atom is 0.209 e. The summed E-state index contributed by atoms with van der Waals surface area (Å²) >= 11 is 0. The van der Waals surface area contributed by atoms with Crippen molar-refractivity contribution < 1.29 is 38.7 Å². The third kappa shape index (κ3) is 3.16. The summed E-state index contributed by atoms with van der Waals surface area (Å²) in [5.41, 5.74) is 0.325. The number of aliphatic hydroxyl groups is 1. The highest BCUT2D eigenvalue weighted by molar-refractivity contribution is 5.97. The molecule has 9 heteroatoms. The lowest BCUT2D eigenvalue weighted by Gasteiger charge is -2.34. The first kappa shape index (κ1) is 20.8. The summed E-state index contributed by atoms with van der Waals surface area (Å²) in [6.07, 6.45) is -1.69. The fraction of sp³-hybridized carbons (Fsp3) is 0.208. The number of rotatable bonds is 4. The molecule has 0 saturated carbocycles. The van der Waals surface area contributed by atoms with Crippen LogP contribution in [0.1, 0.15) is 11.7 Å². The predicted molar refractivity (Wildman–Crippen MR) is 118 cm³/mol. The van der Waals surface area contributed by atoms with E-state index in [1.54, 1.807) is 24.3 Å². The fourth-order valence-corrected chi connectivity index (χ4v) is 4.03. The number of phenols is 2. The molecule has 0 aliphatic carbocycles. The van der Waals surface area contributed by atoms with Gasteiger partial charge in [-0.15, -0.1) is 0 Å². The van der Waals surface area contributed by atoms with Crippen LogP contribution >= 0.6 is 0 Å². The van der Waals surface area contributed by atoms with Crippen LogP contribution in [0, 0.1) is 0 Å². The Balaban J connectivity index is 1.76. The van der Waals surface area contributed by atoms with Crippen molar-refractivity contribution in [3.63, 3.8) is 0 Å². The molecule has 0 saturated heterocycles. The minimum atomic E-state index is -0.847. The van der Waals surface area contributed by atoms with E-state index < -0.39 is 24.2 Å². The summed E-state index contributed by atoms with van der Waals surface area (Å²) in [6.45, 7) is -0.395. The van der Waals surface area contributed by atoms with E-state index >= 15 is 0 Å². The van der Waals surface area contributed by atoms with Crippen molar-refractivity contribution in [2.24, 2.45) is 0 Å². The topological polar surface area (TPSA) is 128 Å². The summed E-state index contributed by atoms with van der Waals surface area (Å²) < 4.78 is 28.7. The average molecular weight is 452 g/mol. The second kappa shape index (κ2) is 7.79. The van der Waals surface area contributed by atoms with Crippen LogP contribution in [0.4, 0.5) is 0 Å². The molecular weight excluding hydrogens is 432 g/mol. The predicted octanol–water partition coefficient (Wildman–Crippen LogP) is 3.25. The van der Waals surface area contributed by atoms with Gasteiger partial charge in [-0.1, -0.05) is 12.1 Å². The lowest BCUT2D eigenvalue weighted by Crippen LogP contribution is -2.36. The van der Waals surface area contributed by atoms with Crippen molar-refractivity contribution in [1.82, 2.24) is 0 Å². The summed E-state index contributed by atoms with van der Waals surface area (Å²) in [4.78, 5) is 13.2. The Morgan fingerprint density at radius 1 is 0.939 bits per heavy atom. The van der Waals surface area contributed by atoms with Crippen molar-refractivity contribution >= 4 is 21.9 Å². The summed E-state index contributed by atoms with van der Waals surface area (Å²) in [5, 5.41) is 30.6. The van der Waals surface area contributed by atoms with Gasteiger partial charge in [0.15, 0.2) is 35.0 Å². The maximum absolute atomic E-state index is 13.2. The van der Waals surface area contributed by atoms with Crippen LogP contribution in [0.15, 0.2) is 51.7 Å². The van der Waals surface area contributed by atoms with Crippen LogP contribution in [0.3, 0.4) is 0 Å². The number of ether oxygens (including phenoxy) is 4. The molecule has 2 atom stereocenters. The van der Waals surface area contributed by atoms with Gasteiger partial charge >= 0.3 is 0 Å². The van der Waals surface area contributed by atoms with Crippen LogP contribution in [0.25, 0.3) is 21.9 Å². The Bertz CT molecular complexity index is 1440. The van der Waals surface area contributed by atoms with Crippen molar-refractivity contribution in [1.29, 1.82) is 0 Å². The molecule has 1 aromatic heterocycles. The Labute approximate surface area is 186 Å². The molecule has 1 aliphatic heterocycles. The third-order valence-electron chi connectivity index (χ3n) is 5.63. The molecule has 2 unspecified atom stereocenters. The lowest BCUT2D eigenvalue weighted by molar-refractivity contribution is -0.0136. The second-order valence-electron chi connectivity index (χ2n) is 7.50. The summed E-state index contributed by atoms with van der Waals surface area (Å²) in [6, 6.07) is 10.7. The zero-order valence-corrected chi connectivity index (χ0v) is 17.7. The van der Waals surface area contributed by atoms with Crippen LogP contribution in [-0.2, 0) is 0 Å². The van der Waals surface area contributed by atoms with Gasteiger partial charge in [-0.25, -0.2) is 0 Å². The molecule has 33 heavy (non-hydrogen) atoms. The van der Waals surface area contributed by atoms with Crippen LogP contribution in [-0.4, -0.2) is 42.3 Å². The van der Waals surface area contributed by atoms with Crippen molar-refractivity contribution in [3.8, 4) is 34.5 Å². The normalized spacial score (nSPS) is 17.3. The van der Waals surface area contributed by atoms with Crippen molar-refractivity contribution in [3.05, 3.63) is 58.3 Å². The summed E-state index contributed by atoms with van der Waals surface area (Å²) in [5.74, 6) is 0.445. The number of hydrogen-bond donors (Lipinski definition) is 3. The van der Waals surface area contributed by atoms with Crippen molar-refractivity contribution in [2.75, 3.05) is 20.8 Å². The highest BCUT2D eigenvalue weighted by Crippen LogP contribution is 2.50. The minimum Gasteiger partial charge on any atom is -0.507 e. The highest BCUT2D eigenvalue weighted by Gasteiger charge is 2.37. The van der Waals surface area contributed by atoms with Crippen LogP contribution < -0.4 is 24.4 Å². The zero-order valence-electron chi connectivity index (χ0n) is 17.7. The first-order valence-electron chi connectivity index (χ1n) is 10.1. The number of benzene rings is 3. The first-order chi connectivity index (χ1) is 16.0. The first-order valence-corrected chi connectivity index (χ1v) is 10.1. The van der Waals surface area contributed by atoms with Crippen LogP contribution in [0.2, 0.25) is 0 Å². The molecule has 1 aliphatic rings. The molecule has 9 nitrogen and oxygen atoms in total. The molecule has 0 amide bonds. The van der Waals surface area contributed by atoms with E-state index in [0.717, 1.165) is 0 Å². The van der Waals surface area contributed by atoms with E-state index in [9.17, 15) is 20.1 Å². The molecule has 4 aromatic rings. The van der Waals surface area contributed by atoms with Gasteiger partial charge < -0.3 is 38.7 Å². The molecule has 170 valence electrons. The quantitative estimate of drug-likeness (QED) is 0.400. The lowest BCUT2D eigenvalue weighted by atomic mass is 10.0. The average Bonchev–Trinajstić information content (AvgIpc) is 2.82. The molecule has 2 heterocycles. The van der Waals surface area contributed by atoms with Gasteiger partial charge in [-0.3, -0.25) is 4.79 Å². The van der Waals surface area contributed by atoms with E-state index in [-0.39, 0.29) is 56.4 Å². The third-order valence-corrected chi connectivity index (χ3v) is 5.63. The van der Waals surface area contributed by atoms with Gasteiger partial charge in [-0.2, -0.15) is 0 Å². The van der Waals surface area contributed by atoms with Crippen LogP contribution in [0.5, 0.6) is 34.5 Å². The molecule has 3 aromatic carbocycles. The molecule has 0 spiro atoms. The zero-order chi connectivity index (χ0) is 23.3. The SMILES string of the molecule is COc1ccc(C2Oc3c(c(OC)cc4c(=O)c5c(O)cccc5oc34)OC2CO)cc1O. The minimum absolute atomic E-state index is 0.0357. The second-order valence-corrected chi connectivity index (χ2v) is 7.50. The Kier molecular flexibility index (Phi) is 4.90. The van der Waals surface area contributed by atoms with Gasteiger partial charge in [-0.05, 0) is 30.3 Å². The molecular formula is C24H20O9. The number of aromatic hydroxyl groups is 2. The van der Waals surface area contributed by atoms with Crippen molar-refractivity contribution in [2.45, 2.75) is 12.2 Å². The van der Waals surface area contributed by atoms with Gasteiger partial charge in [0.2, 0.25) is 16.9 Å². The van der Waals surface area contributed by atoms with Gasteiger partial charge in [0.1, 0.15) is 16.7 Å². The molecule has 0 fully saturated rings. The van der Waals surface area contributed by atoms with E-state index in [1.165, 1.54) is 32.4 Å². The Morgan fingerprint density at radius 2 is 1.73 bits per heavy atom. The highest BCUT2D eigenvalue weighted by atomic mass is 16.6. The van der Waals surface area contributed by atoms with Gasteiger partial charge in [0.25, 0.3) is 0 Å². The monoisotopic (exact) mass is 452 g/mol. The Hall–Kier alpha value is -4.11. The number of hydrogen-bond acceptors (Lipinski definition) is 9. The van der Waals surface area contributed by atoms with Gasteiger partial charge in [0, 0.05) is 5.56 Å². The maximum atomic E-state index is 13.2. The van der Waals surface area contributed by atoms with E-state index in [2.05, 4.69) is 0 Å². The molecule has 3 N–H and O–H groups in total. The molecule has 5 rings (SSSR count). The number of phenolic OH excluding ortho intramolecular Hbond substituents is 2. The number of fused-ring (bicyclic) bond motifs is 4. The van der Waals surface area contributed by atoms with E-state index in [1.807, 2.05) is 0 Å². The van der Waals surface area contributed by atoms with Gasteiger partial charge in [0.05, 0.1) is 26.2 Å². The summed E-state index contributed by atoms with van der Waals surface area (Å²) in [7, 11) is 2.84. The van der Waals surface area contributed by atoms with E-state index in [0.29, 0.717) is 5.56 Å². The number of aliphatic hydroxyl groups excluding tert-OH is 1. The smallest absolute Gasteiger partial charge is 0.209 e.